The van der Waals surface area contributed by atoms with Crippen LogP contribution in [0.3, 0.4) is 0 Å². The highest BCUT2D eigenvalue weighted by Gasteiger charge is 2.19. The fraction of sp³-hybridized carbons (Fsp3) is 0.625. The average molecular weight is 315 g/mol. The molecule has 1 aliphatic rings. The third-order valence-corrected chi connectivity index (χ3v) is 4.57. The number of hydrogen-bond acceptors (Lipinski definition) is 3. The van der Waals surface area contributed by atoms with Gasteiger partial charge in [0, 0.05) is 12.6 Å². The lowest BCUT2D eigenvalue weighted by Gasteiger charge is -2.32. The van der Waals surface area contributed by atoms with E-state index in [9.17, 15) is 4.39 Å². The molecule has 1 saturated heterocycles. The van der Waals surface area contributed by atoms with Crippen LogP contribution < -0.4 is 5.32 Å². The zero-order valence-corrected chi connectivity index (χ0v) is 13.2. The number of hydrogen-bond donors (Lipinski definition) is 2. The Hall–Kier alpha value is -0.680. The van der Waals surface area contributed by atoms with E-state index in [0.29, 0.717) is 5.92 Å². The van der Waals surface area contributed by atoms with Crippen molar-refractivity contribution in [3.63, 3.8) is 0 Å². The normalized spacial score (nSPS) is 18.9. The predicted octanol–water partition coefficient (Wildman–Crippen LogP) is 2.83. The van der Waals surface area contributed by atoms with Crippen molar-refractivity contribution < 1.29 is 9.50 Å². The van der Waals surface area contributed by atoms with Gasteiger partial charge in [0.15, 0.2) is 0 Å². The quantitative estimate of drug-likeness (QED) is 0.847. The first kappa shape index (κ1) is 16.7. The SMILES string of the molecule is C[C@H](NCC1CCN(CCO)CC1)c1ccc(F)c(Cl)c1. The molecule has 1 aromatic rings. The summed E-state index contributed by atoms with van der Waals surface area (Å²) in [6, 6.07) is 5.06. The summed E-state index contributed by atoms with van der Waals surface area (Å²) in [6.07, 6.45) is 2.31. The molecule has 0 spiro atoms. The van der Waals surface area contributed by atoms with E-state index in [2.05, 4.69) is 17.1 Å². The van der Waals surface area contributed by atoms with E-state index in [4.69, 9.17) is 16.7 Å². The molecule has 118 valence electrons. The molecule has 0 radical (unpaired) electrons. The highest BCUT2D eigenvalue weighted by Crippen LogP contribution is 2.22. The smallest absolute Gasteiger partial charge is 0.141 e. The van der Waals surface area contributed by atoms with Gasteiger partial charge in [-0.1, -0.05) is 17.7 Å². The molecule has 0 unspecified atom stereocenters. The van der Waals surface area contributed by atoms with Crippen LogP contribution in [0.15, 0.2) is 18.2 Å². The second-order valence-electron chi connectivity index (χ2n) is 5.81. The number of benzene rings is 1. The molecule has 2 N–H and O–H groups in total. The van der Waals surface area contributed by atoms with E-state index in [1.165, 1.54) is 6.07 Å². The minimum Gasteiger partial charge on any atom is -0.395 e. The number of halogens is 2. The Morgan fingerprint density at radius 3 is 2.76 bits per heavy atom. The fourth-order valence-corrected chi connectivity index (χ4v) is 2.99. The summed E-state index contributed by atoms with van der Waals surface area (Å²) in [4.78, 5) is 2.31. The zero-order chi connectivity index (χ0) is 15.2. The molecule has 1 heterocycles. The first-order valence-corrected chi connectivity index (χ1v) is 7.99. The molecule has 3 nitrogen and oxygen atoms in total. The average Bonchev–Trinajstić information content (AvgIpc) is 2.49. The lowest BCUT2D eigenvalue weighted by Crippen LogP contribution is -2.39. The first-order valence-electron chi connectivity index (χ1n) is 7.61. The maximum atomic E-state index is 13.2. The number of aliphatic hydroxyl groups excluding tert-OH is 1. The van der Waals surface area contributed by atoms with Gasteiger partial charge < -0.3 is 15.3 Å². The summed E-state index contributed by atoms with van der Waals surface area (Å²) in [6.45, 7) is 6.18. The van der Waals surface area contributed by atoms with Crippen LogP contribution in [0.25, 0.3) is 0 Å². The summed E-state index contributed by atoms with van der Waals surface area (Å²) in [7, 11) is 0. The largest absolute Gasteiger partial charge is 0.395 e. The van der Waals surface area contributed by atoms with Crippen LogP contribution in [0.1, 0.15) is 31.4 Å². The van der Waals surface area contributed by atoms with E-state index >= 15 is 0 Å². The molecule has 0 aliphatic carbocycles. The first-order chi connectivity index (χ1) is 10.1. The van der Waals surface area contributed by atoms with Crippen LogP contribution >= 0.6 is 11.6 Å². The van der Waals surface area contributed by atoms with Crippen LogP contribution in [0.5, 0.6) is 0 Å². The predicted molar refractivity (Wildman–Crippen MR) is 84.1 cm³/mol. The summed E-state index contributed by atoms with van der Waals surface area (Å²) in [5.74, 6) is 0.294. The molecule has 0 amide bonds. The Labute approximate surface area is 131 Å². The van der Waals surface area contributed by atoms with Crippen molar-refractivity contribution in [2.75, 3.05) is 32.8 Å². The molecule has 21 heavy (non-hydrogen) atoms. The Morgan fingerprint density at radius 2 is 2.14 bits per heavy atom. The van der Waals surface area contributed by atoms with Crippen molar-refractivity contribution in [2.24, 2.45) is 5.92 Å². The summed E-state index contributed by atoms with van der Waals surface area (Å²) in [5.41, 5.74) is 1.01. The van der Waals surface area contributed by atoms with E-state index in [0.717, 1.165) is 44.6 Å². The minimum atomic E-state index is -0.371. The van der Waals surface area contributed by atoms with Crippen LogP contribution in [0.2, 0.25) is 5.02 Å². The summed E-state index contributed by atoms with van der Waals surface area (Å²) in [5, 5.41) is 12.6. The zero-order valence-electron chi connectivity index (χ0n) is 12.5. The molecule has 0 saturated carbocycles. The van der Waals surface area contributed by atoms with Crippen LogP contribution in [0, 0.1) is 11.7 Å². The molecule has 5 heteroatoms. The second kappa shape index (κ2) is 8.08. The lowest BCUT2D eigenvalue weighted by atomic mass is 9.96. The van der Waals surface area contributed by atoms with Crippen LogP contribution in [-0.4, -0.2) is 42.8 Å². The fourth-order valence-electron chi connectivity index (χ4n) is 2.80. The van der Waals surface area contributed by atoms with Gasteiger partial charge in [-0.15, -0.1) is 0 Å². The van der Waals surface area contributed by atoms with Gasteiger partial charge in [-0.3, -0.25) is 0 Å². The monoisotopic (exact) mass is 314 g/mol. The van der Waals surface area contributed by atoms with E-state index < -0.39 is 0 Å². The van der Waals surface area contributed by atoms with Gasteiger partial charge in [-0.25, -0.2) is 4.39 Å². The van der Waals surface area contributed by atoms with Crippen molar-refractivity contribution in [2.45, 2.75) is 25.8 Å². The number of aliphatic hydroxyl groups is 1. The van der Waals surface area contributed by atoms with E-state index in [1.54, 1.807) is 12.1 Å². The maximum Gasteiger partial charge on any atom is 0.141 e. The van der Waals surface area contributed by atoms with Gasteiger partial charge in [0.05, 0.1) is 11.6 Å². The number of likely N-dealkylation sites (tertiary alicyclic amines) is 1. The van der Waals surface area contributed by atoms with E-state index in [-0.39, 0.29) is 23.5 Å². The molecule has 0 bridgehead atoms. The van der Waals surface area contributed by atoms with Gasteiger partial charge in [0.2, 0.25) is 0 Å². The van der Waals surface area contributed by atoms with Crippen molar-refractivity contribution in [1.29, 1.82) is 0 Å². The number of nitrogens with one attached hydrogen (secondary N) is 1. The van der Waals surface area contributed by atoms with Crippen molar-refractivity contribution in [1.82, 2.24) is 10.2 Å². The van der Waals surface area contributed by atoms with Gasteiger partial charge in [-0.2, -0.15) is 0 Å². The molecule has 0 aromatic heterocycles. The molecule has 1 fully saturated rings. The Bertz CT molecular complexity index is 450. The van der Waals surface area contributed by atoms with Gasteiger partial charge in [0.25, 0.3) is 0 Å². The molecular weight excluding hydrogens is 291 g/mol. The molecule has 1 aliphatic heterocycles. The standard InChI is InChI=1S/C16H24ClFN2O/c1-12(14-2-3-16(18)15(17)10-14)19-11-13-4-6-20(7-5-13)8-9-21/h2-3,10,12-13,19,21H,4-9,11H2,1H3/t12-/m0/s1. The number of piperidine rings is 1. The summed E-state index contributed by atoms with van der Waals surface area (Å²) >= 11 is 5.82. The third kappa shape index (κ3) is 4.92. The maximum absolute atomic E-state index is 13.2. The topological polar surface area (TPSA) is 35.5 Å². The van der Waals surface area contributed by atoms with Crippen molar-refractivity contribution in [3.05, 3.63) is 34.6 Å². The number of rotatable bonds is 6. The number of β-amino-alcohol motifs (C(OH)–C–C–N with tert-alkyl or cyclic N) is 1. The van der Waals surface area contributed by atoms with Crippen molar-refractivity contribution in [3.8, 4) is 0 Å². The lowest BCUT2D eigenvalue weighted by molar-refractivity contribution is 0.146. The van der Waals surface area contributed by atoms with Crippen LogP contribution in [-0.2, 0) is 0 Å². The third-order valence-electron chi connectivity index (χ3n) is 4.28. The van der Waals surface area contributed by atoms with Gasteiger partial charge in [-0.05, 0) is 63.0 Å². The Kier molecular flexibility index (Phi) is 6.42. The van der Waals surface area contributed by atoms with Crippen LogP contribution in [0.4, 0.5) is 4.39 Å². The molecular formula is C16H24ClFN2O. The summed E-state index contributed by atoms with van der Waals surface area (Å²) < 4.78 is 13.2. The van der Waals surface area contributed by atoms with Gasteiger partial charge >= 0.3 is 0 Å². The van der Waals surface area contributed by atoms with Crippen molar-refractivity contribution >= 4 is 11.6 Å². The molecule has 1 atom stereocenters. The molecule has 2 rings (SSSR count). The van der Waals surface area contributed by atoms with E-state index in [1.807, 2.05) is 0 Å². The highest BCUT2D eigenvalue weighted by molar-refractivity contribution is 6.30. The minimum absolute atomic E-state index is 0.165. The number of nitrogens with zero attached hydrogens (tertiary/aromatic N) is 1. The Morgan fingerprint density at radius 1 is 1.43 bits per heavy atom. The highest BCUT2D eigenvalue weighted by atomic mass is 35.5. The second-order valence-corrected chi connectivity index (χ2v) is 6.22. The Balaban J connectivity index is 1.76. The van der Waals surface area contributed by atoms with Gasteiger partial charge in [0.1, 0.15) is 5.82 Å². The molecule has 1 aromatic carbocycles.